The van der Waals surface area contributed by atoms with Gasteiger partial charge in [-0.3, -0.25) is 0 Å². The molecule has 1 aliphatic carbocycles. The molecule has 9 heavy (non-hydrogen) atoms. The highest BCUT2D eigenvalue weighted by Gasteiger charge is 2.10. The van der Waals surface area contributed by atoms with Gasteiger partial charge in [0, 0.05) is 6.04 Å². The second kappa shape index (κ2) is 3.02. The van der Waals surface area contributed by atoms with Gasteiger partial charge in [-0.05, 0) is 25.2 Å². The maximum Gasteiger partial charge on any atom is 0.00993 e. The molecule has 0 aromatic heterocycles. The minimum atomic E-state index is 0.406. The van der Waals surface area contributed by atoms with Gasteiger partial charge in [0.25, 0.3) is 0 Å². The molecule has 0 radical (unpaired) electrons. The third-order valence-electron chi connectivity index (χ3n) is 2.02. The van der Waals surface area contributed by atoms with Crippen molar-refractivity contribution in [1.29, 1.82) is 0 Å². The third kappa shape index (κ3) is 1.83. The quantitative estimate of drug-likeness (QED) is 0.490. The summed E-state index contributed by atoms with van der Waals surface area (Å²) in [6.45, 7) is 2.19. The Labute approximate surface area is 56.9 Å². The Bertz CT molecular complexity index is 107. The zero-order valence-corrected chi connectivity index (χ0v) is 6.01. The summed E-state index contributed by atoms with van der Waals surface area (Å²) in [4.78, 5) is 0. The van der Waals surface area contributed by atoms with E-state index in [4.69, 9.17) is 5.73 Å². The lowest BCUT2D eigenvalue weighted by Gasteiger charge is -2.12. The van der Waals surface area contributed by atoms with E-state index >= 15 is 0 Å². The van der Waals surface area contributed by atoms with Crippen LogP contribution in [0.15, 0.2) is 12.2 Å². The second-order valence-electron chi connectivity index (χ2n) is 2.88. The molecule has 1 heteroatoms. The van der Waals surface area contributed by atoms with Crippen molar-refractivity contribution in [3.05, 3.63) is 12.2 Å². The van der Waals surface area contributed by atoms with E-state index in [0.29, 0.717) is 12.0 Å². The molecule has 0 bridgehead atoms. The molecule has 0 heterocycles. The van der Waals surface area contributed by atoms with Crippen molar-refractivity contribution in [2.75, 3.05) is 0 Å². The molecular weight excluding hydrogens is 110 g/mol. The summed E-state index contributed by atoms with van der Waals surface area (Å²) in [6.07, 6.45) is 8.16. The van der Waals surface area contributed by atoms with Gasteiger partial charge in [-0.15, -0.1) is 0 Å². The molecule has 0 saturated heterocycles. The maximum absolute atomic E-state index is 5.83. The van der Waals surface area contributed by atoms with Gasteiger partial charge in [0.15, 0.2) is 0 Å². The van der Waals surface area contributed by atoms with E-state index in [1.807, 2.05) is 0 Å². The summed E-state index contributed by atoms with van der Waals surface area (Å²) < 4.78 is 0. The summed E-state index contributed by atoms with van der Waals surface area (Å²) in [5.41, 5.74) is 5.83. The minimum absolute atomic E-state index is 0.406. The van der Waals surface area contributed by atoms with Crippen molar-refractivity contribution in [2.45, 2.75) is 32.2 Å². The van der Waals surface area contributed by atoms with Gasteiger partial charge in [-0.25, -0.2) is 0 Å². The van der Waals surface area contributed by atoms with Gasteiger partial charge in [0.05, 0.1) is 0 Å². The summed E-state index contributed by atoms with van der Waals surface area (Å²) in [6, 6.07) is 0.406. The lowest BCUT2D eigenvalue weighted by atomic mass is 10.0. The monoisotopic (exact) mass is 125 g/mol. The lowest BCUT2D eigenvalue weighted by Crippen LogP contribution is -2.25. The number of hydrogen-bond acceptors (Lipinski definition) is 1. The molecular formula is C8H15N. The van der Waals surface area contributed by atoms with Crippen LogP contribution in [0.25, 0.3) is 0 Å². The van der Waals surface area contributed by atoms with Gasteiger partial charge in [0.1, 0.15) is 0 Å². The van der Waals surface area contributed by atoms with Crippen LogP contribution in [-0.2, 0) is 0 Å². The Morgan fingerprint density at radius 1 is 1.56 bits per heavy atom. The molecule has 0 aromatic carbocycles. The summed E-state index contributed by atoms with van der Waals surface area (Å²) in [7, 11) is 0. The summed E-state index contributed by atoms with van der Waals surface area (Å²) in [5.74, 6) is 0.590. The average molecular weight is 125 g/mol. The van der Waals surface area contributed by atoms with Crippen LogP contribution in [0.3, 0.4) is 0 Å². The minimum Gasteiger partial charge on any atom is -0.327 e. The molecule has 0 spiro atoms. The highest BCUT2D eigenvalue weighted by atomic mass is 14.6. The van der Waals surface area contributed by atoms with Crippen molar-refractivity contribution in [1.82, 2.24) is 0 Å². The van der Waals surface area contributed by atoms with E-state index in [2.05, 4.69) is 19.1 Å². The Balaban J connectivity index is 2.46. The van der Waals surface area contributed by atoms with E-state index < -0.39 is 0 Å². The largest absolute Gasteiger partial charge is 0.327 e. The van der Waals surface area contributed by atoms with Crippen LogP contribution in [0.1, 0.15) is 26.2 Å². The predicted octanol–water partition coefficient (Wildman–Crippen LogP) is 1.69. The fourth-order valence-electron chi connectivity index (χ4n) is 1.19. The van der Waals surface area contributed by atoms with Gasteiger partial charge in [0.2, 0.25) is 0 Å². The molecule has 1 nitrogen and oxygen atoms in total. The SMILES string of the molecule is CC1C=CCCCC1N. The van der Waals surface area contributed by atoms with Crippen LogP contribution in [0.2, 0.25) is 0 Å². The van der Waals surface area contributed by atoms with Crippen LogP contribution in [-0.4, -0.2) is 6.04 Å². The van der Waals surface area contributed by atoms with Crippen molar-refractivity contribution >= 4 is 0 Å². The van der Waals surface area contributed by atoms with Crippen LogP contribution in [0.5, 0.6) is 0 Å². The van der Waals surface area contributed by atoms with Gasteiger partial charge in [-0.2, -0.15) is 0 Å². The molecule has 0 amide bonds. The lowest BCUT2D eigenvalue weighted by molar-refractivity contribution is 0.503. The molecule has 0 aliphatic heterocycles. The first kappa shape index (κ1) is 6.81. The molecule has 2 unspecified atom stereocenters. The second-order valence-corrected chi connectivity index (χ2v) is 2.88. The fraction of sp³-hybridized carbons (Fsp3) is 0.750. The van der Waals surface area contributed by atoms with Crippen LogP contribution < -0.4 is 5.73 Å². The Kier molecular flexibility index (Phi) is 2.29. The highest BCUT2D eigenvalue weighted by molar-refractivity contribution is 4.94. The molecule has 1 aliphatic rings. The molecule has 52 valence electrons. The fourth-order valence-corrected chi connectivity index (χ4v) is 1.19. The van der Waals surface area contributed by atoms with Crippen molar-refractivity contribution in [3.8, 4) is 0 Å². The molecule has 1 rings (SSSR count). The predicted molar refractivity (Wildman–Crippen MR) is 40.1 cm³/mol. The number of nitrogens with two attached hydrogens (primary N) is 1. The Morgan fingerprint density at radius 3 is 3.11 bits per heavy atom. The van der Waals surface area contributed by atoms with E-state index in [9.17, 15) is 0 Å². The topological polar surface area (TPSA) is 26.0 Å². The molecule has 0 saturated carbocycles. The van der Waals surface area contributed by atoms with E-state index in [-0.39, 0.29) is 0 Å². The first-order valence-corrected chi connectivity index (χ1v) is 3.73. The third-order valence-corrected chi connectivity index (χ3v) is 2.02. The van der Waals surface area contributed by atoms with Crippen LogP contribution in [0.4, 0.5) is 0 Å². The van der Waals surface area contributed by atoms with E-state index in [1.165, 1.54) is 19.3 Å². The zero-order chi connectivity index (χ0) is 6.69. The molecule has 2 atom stereocenters. The van der Waals surface area contributed by atoms with Crippen molar-refractivity contribution < 1.29 is 0 Å². The average Bonchev–Trinajstić information content (AvgIpc) is 1.99. The summed E-state index contributed by atoms with van der Waals surface area (Å²) in [5, 5.41) is 0. The molecule has 2 N–H and O–H groups in total. The van der Waals surface area contributed by atoms with Crippen LogP contribution >= 0.6 is 0 Å². The van der Waals surface area contributed by atoms with Crippen LogP contribution in [0, 0.1) is 5.92 Å². The van der Waals surface area contributed by atoms with Crippen molar-refractivity contribution in [3.63, 3.8) is 0 Å². The first-order chi connectivity index (χ1) is 4.30. The maximum atomic E-state index is 5.83. The molecule has 0 fully saturated rings. The standard InChI is InChI=1S/C8H15N/c1-7-5-3-2-4-6-8(7)9/h3,5,7-8H,2,4,6,9H2,1H3. The summed E-state index contributed by atoms with van der Waals surface area (Å²) >= 11 is 0. The number of allylic oxidation sites excluding steroid dienone is 1. The van der Waals surface area contributed by atoms with Gasteiger partial charge in [-0.1, -0.05) is 19.1 Å². The van der Waals surface area contributed by atoms with Crippen molar-refractivity contribution in [2.24, 2.45) is 11.7 Å². The first-order valence-electron chi connectivity index (χ1n) is 3.73. The molecule has 0 aromatic rings. The number of hydrogen-bond donors (Lipinski definition) is 1. The zero-order valence-electron chi connectivity index (χ0n) is 6.01. The van der Waals surface area contributed by atoms with Gasteiger partial charge < -0.3 is 5.73 Å². The normalized spacial score (nSPS) is 36.2. The van der Waals surface area contributed by atoms with E-state index in [0.717, 1.165) is 0 Å². The number of rotatable bonds is 0. The highest BCUT2D eigenvalue weighted by Crippen LogP contribution is 2.14. The Morgan fingerprint density at radius 2 is 2.33 bits per heavy atom. The van der Waals surface area contributed by atoms with E-state index in [1.54, 1.807) is 0 Å². The smallest absolute Gasteiger partial charge is 0.00993 e. The Hall–Kier alpha value is -0.300. The van der Waals surface area contributed by atoms with Gasteiger partial charge >= 0.3 is 0 Å².